The van der Waals surface area contributed by atoms with Crippen molar-refractivity contribution in [2.24, 2.45) is 34.3 Å². The molecule has 0 aromatic carbocycles. The van der Waals surface area contributed by atoms with Gasteiger partial charge in [0.25, 0.3) is 0 Å². The third-order valence-electron chi connectivity index (χ3n) is 7.12. The first-order valence-corrected chi connectivity index (χ1v) is 8.76. The Hall–Kier alpha value is -0.0800. The summed E-state index contributed by atoms with van der Waals surface area (Å²) in [7, 11) is 0. The van der Waals surface area contributed by atoms with E-state index in [-0.39, 0.29) is 10.8 Å². The van der Waals surface area contributed by atoms with E-state index in [1.54, 1.807) is 0 Å². The molecule has 0 aromatic rings. The third kappa shape index (κ3) is 1.90. The van der Waals surface area contributed by atoms with Crippen molar-refractivity contribution in [3.8, 4) is 0 Å². The van der Waals surface area contributed by atoms with Crippen molar-refractivity contribution in [2.45, 2.75) is 77.7 Å². The lowest BCUT2D eigenvalue weighted by Crippen LogP contribution is -2.62. The molecule has 3 fully saturated rings. The number of rotatable bonds is 2. The van der Waals surface area contributed by atoms with E-state index in [0.717, 1.165) is 12.3 Å². The Kier molecular flexibility index (Phi) is 3.49. The van der Waals surface area contributed by atoms with Crippen LogP contribution < -0.4 is 5.73 Å². The van der Waals surface area contributed by atoms with Gasteiger partial charge in [-0.15, -0.1) is 0 Å². The molecule has 2 heteroatoms. The molecule has 2 nitrogen and oxygen atoms in total. The van der Waals surface area contributed by atoms with Crippen LogP contribution in [0.1, 0.15) is 72.1 Å². The highest BCUT2D eigenvalue weighted by atomic mass is 16.3. The molecule has 5 atom stereocenters. The molecule has 3 saturated carbocycles. The van der Waals surface area contributed by atoms with Gasteiger partial charge < -0.3 is 10.8 Å². The minimum Gasteiger partial charge on any atom is -0.389 e. The summed E-state index contributed by atoms with van der Waals surface area (Å²) in [6.07, 6.45) is 9.83. The molecule has 2 bridgehead atoms. The van der Waals surface area contributed by atoms with Gasteiger partial charge in [0.2, 0.25) is 0 Å². The van der Waals surface area contributed by atoms with Gasteiger partial charge in [-0.1, -0.05) is 40.0 Å². The van der Waals surface area contributed by atoms with E-state index in [1.807, 2.05) is 0 Å². The first kappa shape index (κ1) is 14.8. The fourth-order valence-corrected chi connectivity index (χ4v) is 6.30. The van der Waals surface area contributed by atoms with Gasteiger partial charge in [0.05, 0.1) is 5.60 Å². The summed E-state index contributed by atoms with van der Waals surface area (Å²) in [5, 5.41) is 11.9. The second kappa shape index (κ2) is 4.71. The largest absolute Gasteiger partial charge is 0.389 e. The van der Waals surface area contributed by atoms with E-state index >= 15 is 0 Å². The molecule has 0 heterocycles. The van der Waals surface area contributed by atoms with E-state index in [2.05, 4.69) is 20.8 Å². The van der Waals surface area contributed by atoms with Crippen LogP contribution in [0.15, 0.2) is 0 Å². The Bertz CT molecular complexity index is 374. The zero-order valence-electron chi connectivity index (χ0n) is 13.6. The molecule has 0 spiro atoms. The van der Waals surface area contributed by atoms with Crippen LogP contribution in [0.2, 0.25) is 0 Å². The SMILES string of the molecule is CC(C)(C)C1CCCCC1(O)C1(CN)CC2CCC1C2. The van der Waals surface area contributed by atoms with Gasteiger partial charge in [-0.2, -0.15) is 0 Å². The van der Waals surface area contributed by atoms with Crippen LogP contribution in [-0.2, 0) is 0 Å². The summed E-state index contributed by atoms with van der Waals surface area (Å²) in [5.41, 5.74) is 6.00. The number of hydrogen-bond acceptors (Lipinski definition) is 2. The second-order valence-electron chi connectivity index (χ2n) is 9.03. The summed E-state index contributed by atoms with van der Waals surface area (Å²) in [6, 6.07) is 0. The van der Waals surface area contributed by atoms with Crippen molar-refractivity contribution in [1.29, 1.82) is 0 Å². The summed E-state index contributed by atoms with van der Waals surface area (Å²) in [6.45, 7) is 7.62. The molecule has 0 amide bonds. The maximum Gasteiger partial charge on any atom is 0.0751 e. The molecular formula is C18H33NO. The highest BCUT2D eigenvalue weighted by molar-refractivity contribution is 5.15. The maximum atomic E-state index is 11.9. The molecule has 3 N–H and O–H groups in total. The van der Waals surface area contributed by atoms with Crippen molar-refractivity contribution >= 4 is 0 Å². The molecule has 5 unspecified atom stereocenters. The van der Waals surface area contributed by atoms with Crippen molar-refractivity contribution < 1.29 is 5.11 Å². The summed E-state index contributed by atoms with van der Waals surface area (Å²) in [4.78, 5) is 0. The van der Waals surface area contributed by atoms with E-state index in [9.17, 15) is 5.11 Å². The summed E-state index contributed by atoms with van der Waals surface area (Å²) >= 11 is 0. The van der Waals surface area contributed by atoms with Gasteiger partial charge in [0.1, 0.15) is 0 Å². The van der Waals surface area contributed by atoms with Crippen LogP contribution in [0.25, 0.3) is 0 Å². The molecule has 0 aromatic heterocycles. The second-order valence-corrected chi connectivity index (χ2v) is 9.03. The van der Waals surface area contributed by atoms with E-state index < -0.39 is 5.60 Å². The van der Waals surface area contributed by atoms with Gasteiger partial charge in [-0.05, 0) is 55.3 Å². The first-order valence-electron chi connectivity index (χ1n) is 8.76. The van der Waals surface area contributed by atoms with Crippen LogP contribution in [0, 0.1) is 28.6 Å². The third-order valence-corrected chi connectivity index (χ3v) is 7.12. The van der Waals surface area contributed by atoms with Crippen LogP contribution in [0.4, 0.5) is 0 Å². The fraction of sp³-hybridized carbons (Fsp3) is 1.00. The number of nitrogens with two attached hydrogens (primary N) is 1. The lowest BCUT2D eigenvalue weighted by Gasteiger charge is -2.58. The van der Waals surface area contributed by atoms with Crippen molar-refractivity contribution in [3.05, 3.63) is 0 Å². The Morgan fingerprint density at radius 2 is 1.90 bits per heavy atom. The number of aliphatic hydroxyl groups is 1. The van der Waals surface area contributed by atoms with E-state index in [1.165, 1.54) is 44.9 Å². The van der Waals surface area contributed by atoms with Crippen LogP contribution in [-0.4, -0.2) is 17.3 Å². The summed E-state index contributed by atoms with van der Waals surface area (Å²) in [5.74, 6) is 1.94. The Labute approximate surface area is 124 Å². The van der Waals surface area contributed by atoms with E-state index in [0.29, 0.717) is 18.4 Å². The topological polar surface area (TPSA) is 46.2 Å². The molecule has 3 aliphatic rings. The van der Waals surface area contributed by atoms with Crippen molar-refractivity contribution in [1.82, 2.24) is 0 Å². The molecule has 0 aliphatic heterocycles. The summed E-state index contributed by atoms with van der Waals surface area (Å²) < 4.78 is 0. The quantitative estimate of drug-likeness (QED) is 0.809. The average molecular weight is 279 g/mol. The zero-order valence-corrected chi connectivity index (χ0v) is 13.6. The molecule has 0 saturated heterocycles. The molecule has 0 radical (unpaired) electrons. The van der Waals surface area contributed by atoms with Gasteiger partial charge in [0, 0.05) is 12.0 Å². The smallest absolute Gasteiger partial charge is 0.0751 e. The number of hydrogen-bond donors (Lipinski definition) is 2. The average Bonchev–Trinajstić information content (AvgIpc) is 2.98. The maximum absolute atomic E-state index is 11.9. The minimum atomic E-state index is -0.516. The van der Waals surface area contributed by atoms with Crippen LogP contribution >= 0.6 is 0 Å². The monoisotopic (exact) mass is 279 g/mol. The fourth-order valence-electron chi connectivity index (χ4n) is 6.30. The highest BCUT2D eigenvalue weighted by Crippen LogP contribution is 2.65. The van der Waals surface area contributed by atoms with Crippen LogP contribution in [0.3, 0.4) is 0 Å². The predicted octanol–water partition coefficient (Wildman–Crippen LogP) is 3.72. The lowest BCUT2D eigenvalue weighted by molar-refractivity contribution is -0.189. The molecule has 20 heavy (non-hydrogen) atoms. The van der Waals surface area contributed by atoms with Gasteiger partial charge in [0.15, 0.2) is 0 Å². The highest BCUT2D eigenvalue weighted by Gasteiger charge is 2.64. The number of fused-ring (bicyclic) bond motifs is 2. The van der Waals surface area contributed by atoms with Crippen molar-refractivity contribution in [3.63, 3.8) is 0 Å². The predicted molar refractivity (Wildman–Crippen MR) is 83.3 cm³/mol. The minimum absolute atomic E-state index is 0.0221. The van der Waals surface area contributed by atoms with Gasteiger partial charge in [-0.25, -0.2) is 0 Å². The molecule has 3 aliphatic carbocycles. The molecule has 3 rings (SSSR count). The van der Waals surface area contributed by atoms with Gasteiger partial charge >= 0.3 is 0 Å². The Morgan fingerprint density at radius 1 is 1.15 bits per heavy atom. The van der Waals surface area contributed by atoms with Crippen molar-refractivity contribution in [2.75, 3.05) is 6.54 Å². The normalized spacial score (nSPS) is 48.8. The Balaban J connectivity index is 1.99. The molecular weight excluding hydrogens is 246 g/mol. The lowest BCUT2D eigenvalue weighted by atomic mass is 9.50. The van der Waals surface area contributed by atoms with E-state index in [4.69, 9.17) is 5.73 Å². The van der Waals surface area contributed by atoms with Crippen LogP contribution in [0.5, 0.6) is 0 Å². The van der Waals surface area contributed by atoms with Gasteiger partial charge in [-0.3, -0.25) is 0 Å². The zero-order chi connectivity index (χ0) is 14.6. The first-order chi connectivity index (χ1) is 9.33. The Morgan fingerprint density at radius 3 is 2.40 bits per heavy atom. The standard InChI is InChI=1S/C18H33NO/c1-16(2,3)15-6-4-5-9-18(15,20)17(12-19)11-13-7-8-14(17)10-13/h13-15,20H,4-12,19H2,1-3H3. The molecule has 116 valence electrons.